The van der Waals surface area contributed by atoms with E-state index in [-0.39, 0.29) is 16.2 Å². The molecule has 1 heterocycles. The van der Waals surface area contributed by atoms with Gasteiger partial charge in [0.2, 0.25) is 0 Å². The first-order chi connectivity index (χ1) is 10.1. The van der Waals surface area contributed by atoms with Crippen molar-refractivity contribution < 1.29 is 8.78 Å². The summed E-state index contributed by atoms with van der Waals surface area (Å²) in [6.45, 7) is 0. The minimum atomic E-state index is -0.972. The Morgan fingerprint density at radius 1 is 0.857 bits per heavy atom. The SMILES string of the molecule is Fc1cc2nc(Cl)c(C=Cc3ccccc3)nc2cc1F. The van der Waals surface area contributed by atoms with Crippen molar-refractivity contribution in [3.63, 3.8) is 0 Å². The highest BCUT2D eigenvalue weighted by Gasteiger charge is 2.09. The van der Waals surface area contributed by atoms with E-state index in [4.69, 9.17) is 11.6 Å². The van der Waals surface area contributed by atoms with Gasteiger partial charge in [0.05, 0.1) is 11.0 Å². The summed E-state index contributed by atoms with van der Waals surface area (Å²) >= 11 is 6.02. The van der Waals surface area contributed by atoms with Crippen molar-refractivity contribution in [3.8, 4) is 0 Å². The van der Waals surface area contributed by atoms with Gasteiger partial charge in [0.15, 0.2) is 16.8 Å². The summed E-state index contributed by atoms with van der Waals surface area (Å²) in [6.07, 6.45) is 3.51. The van der Waals surface area contributed by atoms with Crippen LogP contribution in [0.25, 0.3) is 23.2 Å². The van der Waals surface area contributed by atoms with Gasteiger partial charge in [-0.15, -0.1) is 0 Å². The zero-order valence-corrected chi connectivity index (χ0v) is 11.5. The molecule has 21 heavy (non-hydrogen) atoms. The van der Waals surface area contributed by atoms with E-state index < -0.39 is 11.6 Å². The van der Waals surface area contributed by atoms with E-state index in [1.807, 2.05) is 36.4 Å². The molecule has 0 aliphatic heterocycles. The van der Waals surface area contributed by atoms with Gasteiger partial charge in [0.25, 0.3) is 0 Å². The van der Waals surface area contributed by atoms with Crippen LogP contribution in [0.4, 0.5) is 8.78 Å². The van der Waals surface area contributed by atoms with Crippen molar-refractivity contribution in [2.24, 2.45) is 0 Å². The number of hydrogen-bond acceptors (Lipinski definition) is 2. The first kappa shape index (κ1) is 13.6. The molecular weight excluding hydrogens is 294 g/mol. The van der Waals surface area contributed by atoms with E-state index in [1.165, 1.54) is 0 Å². The molecule has 0 bridgehead atoms. The minimum Gasteiger partial charge on any atom is -0.243 e. The second-order valence-corrected chi connectivity index (χ2v) is 4.76. The molecule has 0 radical (unpaired) electrons. The van der Waals surface area contributed by atoms with Gasteiger partial charge in [-0.3, -0.25) is 0 Å². The fourth-order valence-corrected chi connectivity index (χ4v) is 2.09. The maximum atomic E-state index is 13.2. The molecule has 0 fully saturated rings. The molecule has 0 aliphatic carbocycles. The summed E-state index contributed by atoms with van der Waals surface area (Å²) in [4.78, 5) is 8.24. The average Bonchev–Trinajstić information content (AvgIpc) is 2.48. The molecule has 1 aromatic heterocycles. The molecule has 104 valence electrons. The zero-order chi connectivity index (χ0) is 14.8. The van der Waals surface area contributed by atoms with Crippen LogP contribution in [-0.2, 0) is 0 Å². The van der Waals surface area contributed by atoms with Crippen LogP contribution < -0.4 is 0 Å². The number of benzene rings is 2. The van der Waals surface area contributed by atoms with E-state index in [2.05, 4.69) is 9.97 Å². The smallest absolute Gasteiger partial charge is 0.161 e. The Morgan fingerprint density at radius 2 is 1.48 bits per heavy atom. The maximum absolute atomic E-state index is 13.2. The molecule has 0 atom stereocenters. The Bertz CT molecular complexity index is 833. The molecule has 0 N–H and O–H groups in total. The number of aromatic nitrogens is 2. The second kappa shape index (κ2) is 5.58. The van der Waals surface area contributed by atoms with E-state index in [9.17, 15) is 8.78 Å². The molecule has 0 spiro atoms. The van der Waals surface area contributed by atoms with Crippen molar-refractivity contribution in [3.05, 3.63) is 70.5 Å². The van der Waals surface area contributed by atoms with Crippen molar-refractivity contribution in [2.45, 2.75) is 0 Å². The zero-order valence-electron chi connectivity index (χ0n) is 10.7. The molecular formula is C16H9ClF2N2. The van der Waals surface area contributed by atoms with Crippen molar-refractivity contribution in [1.29, 1.82) is 0 Å². The van der Waals surface area contributed by atoms with Crippen LogP contribution >= 0.6 is 11.6 Å². The lowest BCUT2D eigenvalue weighted by molar-refractivity contribution is 0.510. The average molecular weight is 303 g/mol. The van der Waals surface area contributed by atoms with Gasteiger partial charge in [-0.25, -0.2) is 18.7 Å². The molecule has 5 heteroatoms. The quantitative estimate of drug-likeness (QED) is 0.684. The van der Waals surface area contributed by atoms with Crippen LogP contribution in [-0.4, -0.2) is 9.97 Å². The van der Waals surface area contributed by atoms with Crippen LogP contribution in [0.1, 0.15) is 11.3 Å². The van der Waals surface area contributed by atoms with Crippen LogP contribution in [0.5, 0.6) is 0 Å². The molecule has 3 rings (SSSR count). The number of halogens is 3. The first-order valence-corrected chi connectivity index (χ1v) is 6.57. The monoisotopic (exact) mass is 302 g/mol. The summed E-state index contributed by atoms with van der Waals surface area (Å²) in [5.41, 5.74) is 1.85. The van der Waals surface area contributed by atoms with Crippen LogP contribution in [0, 0.1) is 11.6 Å². The van der Waals surface area contributed by atoms with Crippen LogP contribution in [0.2, 0.25) is 5.15 Å². The molecule has 0 amide bonds. The molecule has 0 aliphatic rings. The molecule has 2 aromatic carbocycles. The minimum absolute atomic E-state index is 0.140. The first-order valence-electron chi connectivity index (χ1n) is 6.19. The predicted octanol–water partition coefficient (Wildman–Crippen LogP) is 4.73. The fraction of sp³-hybridized carbons (Fsp3) is 0. The third kappa shape index (κ3) is 2.90. The van der Waals surface area contributed by atoms with Crippen LogP contribution in [0.15, 0.2) is 42.5 Å². The Balaban J connectivity index is 2.05. The Hall–Kier alpha value is -2.33. The predicted molar refractivity (Wildman–Crippen MR) is 79.8 cm³/mol. The van der Waals surface area contributed by atoms with E-state index in [0.717, 1.165) is 17.7 Å². The second-order valence-electron chi connectivity index (χ2n) is 4.40. The summed E-state index contributed by atoms with van der Waals surface area (Å²) in [7, 11) is 0. The lowest BCUT2D eigenvalue weighted by Crippen LogP contribution is -1.93. The Labute approximate surface area is 124 Å². The number of rotatable bonds is 2. The van der Waals surface area contributed by atoms with Crippen molar-refractivity contribution in [2.75, 3.05) is 0 Å². The lowest BCUT2D eigenvalue weighted by Gasteiger charge is -2.02. The van der Waals surface area contributed by atoms with Gasteiger partial charge < -0.3 is 0 Å². The largest absolute Gasteiger partial charge is 0.243 e. The fourth-order valence-electron chi connectivity index (χ4n) is 1.89. The third-order valence-corrected chi connectivity index (χ3v) is 3.20. The highest BCUT2D eigenvalue weighted by molar-refractivity contribution is 6.31. The Kier molecular flexibility index (Phi) is 3.62. The van der Waals surface area contributed by atoms with Gasteiger partial charge in [-0.1, -0.05) is 48.0 Å². The van der Waals surface area contributed by atoms with E-state index >= 15 is 0 Å². The number of hydrogen-bond donors (Lipinski definition) is 0. The molecule has 0 saturated carbocycles. The van der Waals surface area contributed by atoms with Crippen molar-refractivity contribution >= 4 is 34.8 Å². The highest BCUT2D eigenvalue weighted by Crippen LogP contribution is 2.21. The van der Waals surface area contributed by atoms with Gasteiger partial charge in [-0.2, -0.15) is 0 Å². The standard InChI is InChI=1S/C16H9ClF2N2/c17-16-13(7-6-10-4-2-1-3-5-10)20-14-8-11(18)12(19)9-15(14)21-16/h1-9H. The van der Waals surface area contributed by atoms with Gasteiger partial charge in [0, 0.05) is 12.1 Å². The van der Waals surface area contributed by atoms with Gasteiger partial charge >= 0.3 is 0 Å². The number of nitrogens with zero attached hydrogens (tertiary/aromatic N) is 2. The van der Waals surface area contributed by atoms with Gasteiger partial charge in [0.1, 0.15) is 5.69 Å². The van der Waals surface area contributed by atoms with E-state index in [1.54, 1.807) is 6.08 Å². The third-order valence-electron chi connectivity index (χ3n) is 2.92. The summed E-state index contributed by atoms with van der Waals surface area (Å²) in [5, 5.41) is 0.140. The number of fused-ring (bicyclic) bond motifs is 1. The lowest BCUT2D eigenvalue weighted by atomic mass is 10.2. The molecule has 2 nitrogen and oxygen atoms in total. The summed E-state index contributed by atoms with van der Waals surface area (Å²) in [5.74, 6) is -1.93. The summed E-state index contributed by atoms with van der Waals surface area (Å²) < 4.78 is 26.4. The molecule has 0 saturated heterocycles. The topological polar surface area (TPSA) is 25.8 Å². The maximum Gasteiger partial charge on any atom is 0.161 e. The van der Waals surface area contributed by atoms with Gasteiger partial charge in [-0.05, 0) is 11.6 Å². The highest BCUT2D eigenvalue weighted by atomic mass is 35.5. The molecule has 0 unspecified atom stereocenters. The normalized spacial score (nSPS) is 11.4. The van der Waals surface area contributed by atoms with Crippen molar-refractivity contribution in [1.82, 2.24) is 9.97 Å². The summed E-state index contributed by atoms with van der Waals surface area (Å²) in [6, 6.07) is 11.6. The van der Waals surface area contributed by atoms with Crippen LogP contribution in [0.3, 0.4) is 0 Å². The molecule has 3 aromatic rings. The van der Waals surface area contributed by atoms with E-state index in [0.29, 0.717) is 5.69 Å². The Morgan fingerprint density at radius 3 is 2.14 bits per heavy atom.